The van der Waals surface area contributed by atoms with Crippen molar-refractivity contribution < 1.29 is 4.39 Å². The highest BCUT2D eigenvalue weighted by molar-refractivity contribution is 6.32. The molecule has 0 aliphatic rings. The highest BCUT2D eigenvalue weighted by Crippen LogP contribution is 2.27. The molecule has 1 aromatic heterocycles. The molecule has 5 heteroatoms. The summed E-state index contributed by atoms with van der Waals surface area (Å²) in [5, 5.41) is 8.15. The zero-order valence-electron chi connectivity index (χ0n) is 12.7. The van der Waals surface area contributed by atoms with Gasteiger partial charge in [-0.25, -0.2) is 9.07 Å². The Bertz CT molecular complexity index is 602. The third-order valence-corrected chi connectivity index (χ3v) is 3.92. The molecule has 0 fully saturated rings. The van der Waals surface area contributed by atoms with Crippen LogP contribution >= 0.6 is 11.6 Å². The van der Waals surface area contributed by atoms with Crippen molar-refractivity contribution in [3.63, 3.8) is 0 Å². The number of likely N-dealkylation sites (N-methyl/N-ethyl adjacent to an activating group) is 1. The SMILES string of the molecule is CCc1nn(-c2c(F)cccc2Cl)c(CC)c1CCNC. The molecular weight excluding hydrogens is 289 g/mol. The third-order valence-electron chi connectivity index (χ3n) is 3.62. The summed E-state index contributed by atoms with van der Waals surface area (Å²) in [6, 6.07) is 4.72. The summed E-state index contributed by atoms with van der Waals surface area (Å²) in [7, 11) is 1.93. The van der Waals surface area contributed by atoms with Crippen LogP contribution in [0.15, 0.2) is 18.2 Å². The van der Waals surface area contributed by atoms with E-state index in [1.165, 1.54) is 11.6 Å². The van der Waals surface area contributed by atoms with E-state index in [9.17, 15) is 4.39 Å². The molecule has 0 saturated heterocycles. The van der Waals surface area contributed by atoms with E-state index in [4.69, 9.17) is 11.6 Å². The topological polar surface area (TPSA) is 29.9 Å². The smallest absolute Gasteiger partial charge is 0.150 e. The first-order valence-electron chi connectivity index (χ1n) is 7.32. The molecule has 0 radical (unpaired) electrons. The van der Waals surface area contributed by atoms with Crippen LogP contribution in [-0.4, -0.2) is 23.4 Å². The lowest BCUT2D eigenvalue weighted by Crippen LogP contribution is -2.12. The first-order valence-corrected chi connectivity index (χ1v) is 7.70. The summed E-state index contributed by atoms with van der Waals surface area (Å²) in [5.74, 6) is -0.345. The van der Waals surface area contributed by atoms with Gasteiger partial charge in [0.2, 0.25) is 0 Å². The number of halogens is 2. The molecule has 0 unspecified atom stereocenters. The van der Waals surface area contributed by atoms with Gasteiger partial charge in [0.05, 0.1) is 10.7 Å². The molecule has 21 heavy (non-hydrogen) atoms. The van der Waals surface area contributed by atoms with Crippen molar-refractivity contribution in [1.82, 2.24) is 15.1 Å². The maximum absolute atomic E-state index is 14.2. The van der Waals surface area contributed by atoms with E-state index in [-0.39, 0.29) is 5.82 Å². The fourth-order valence-electron chi connectivity index (χ4n) is 2.60. The molecule has 0 atom stereocenters. The zero-order valence-corrected chi connectivity index (χ0v) is 13.5. The van der Waals surface area contributed by atoms with Crippen LogP contribution < -0.4 is 5.32 Å². The van der Waals surface area contributed by atoms with E-state index in [1.807, 2.05) is 7.05 Å². The van der Waals surface area contributed by atoms with E-state index in [0.717, 1.165) is 37.2 Å². The number of aryl methyl sites for hydroxylation is 1. The Morgan fingerprint density at radius 1 is 1.29 bits per heavy atom. The van der Waals surface area contributed by atoms with Crippen LogP contribution in [0.2, 0.25) is 5.02 Å². The Labute approximate surface area is 130 Å². The third kappa shape index (κ3) is 3.11. The number of aromatic nitrogens is 2. The summed E-state index contributed by atoms with van der Waals surface area (Å²) in [4.78, 5) is 0. The van der Waals surface area contributed by atoms with E-state index in [1.54, 1.807) is 16.8 Å². The molecule has 0 aliphatic carbocycles. The van der Waals surface area contributed by atoms with Gasteiger partial charge in [0, 0.05) is 5.69 Å². The Hall–Kier alpha value is -1.39. The Kier molecular flexibility index (Phi) is 5.37. The van der Waals surface area contributed by atoms with Gasteiger partial charge in [0.1, 0.15) is 11.5 Å². The largest absolute Gasteiger partial charge is 0.319 e. The van der Waals surface area contributed by atoms with Gasteiger partial charge in [0.15, 0.2) is 0 Å². The van der Waals surface area contributed by atoms with Gasteiger partial charge in [-0.1, -0.05) is 31.5 Å². The molecule has 0 amide bonds. The van der Waals surface area contributed by atoms with Gasteiger partial charge < -0.3 is 5.32 Å². The fraction of sp³-hybridized carbons (Fsp3) is 0.438. The lowest BCUT2D eigenvalue weighted by molar-refractivity contribution is 0.605. The van der Waals surface area contributed by atoms with Crippen LogP contribution in [-0.2, 0) is 19.3 Å². The summed E-state index contributed by atoms with van der Waals surface area (Å²) in [6.07, 6.45) is 2.50. The number of para-hydroxylation sites is 1. The Balaban J connectivity index is 2.61. The number of hydrogen-bond acceptors (Lipinski definition) is 2. The number of rotatable bonds is 6. The zero-order chi connectivity index (χ0) is 15.4. The highest BCUT2D eigenvalue weighted by atomic mass is 35.5. The summed E-state index contributed by atoms with van der Waals surface area (Å²) < 4.78 is 15.9. The quantitative estimate of drug-likeness (QED) is 0.884. The molecule has 1 aromatic carbocycles. The second kappa shape index (κ2) is 7.05. The van der Waals surface area contributed by atoms with Crippen molar-refractivity contribution in [3.05, 3.63) is 46.0 Å². The predicted molar refractivity (Wildman–Crippen MR) is 84.9 cm³/mol. The van der Waals surface area contributed by atoms with Crippen molar-refractivity contribution >= 4 is 11.6 Å². The molecule has 2 rings (SSSR count). The first-order chi connectivity index (χ1) is 10.1. The number of hydrogen-bond donors (Lipinski definition) is 1. The van der Waals surface area contributed by atoms with Crippen LogP contribution in [0, 0.1) is 5.82 Å². The monoisotopic (exact) mass is 309 g/mol. The lowest BCUT2D eigenvalue weighted by Gasteiger charge is -2.10. The molecule has 2 aromatic rings. The summed E-state index contributed by atoms with van der Waals surface area (Å²) in [5.41, 5.74) is 3.60. The average molecular weight is 310 g/mol. The molecule has 3 nitrogen and oxygen atoms in total. The molecule has 0 saturated carbocycles. The minimum absolute atomic E-state index is 0.345. The molecule has 1 N–H and O–H groups in total. The van der Waals surface area contributed by atoms with Crippen molar-refractivity contribution in [1.29, 1.82) is 0 Å². The van der Waals surface area contributed by atoms with Gasteiger partial charge in [-0.15, -0.1) is 0 Å². The van der Waals surface area contributed by atoms with E-state index < -0.39 is 0 Å². The van der Waals surface area contributed by atoms with Crippen LogP contribution in [0.4, 0.5) is 4.39 Å². The molecule has 0 spiro atoms. The number of benzene rings is 1. The number of nitrogens with zero attached hydrogens (tertiary/aromatic N) is 2. The molecular formula is C16H21ClFN3. The minimum atomic E-state index is -0.345. The highest BCUT2D eigenvalue weighted by Gasteiger charge is 2.19. The van der Waals surface area contributed by atoms with Gasteiger partial charge in [-0.3, -0.25) is 0 Å². The molecule has 0 aliphatic heterocycles. The normalized spacial score (nSPS) is 11.1. The van der Waals surface area contributed by atoms with Crippen LogP contribution in [0.5, 0.6) is 0 Å². The van der Waals surface area contributed by atoms with E-state index in [0.29, 0.717) is 10.7 Å². The van der Waals surface area contributed by atoms with Gasteiger partial charge in [-0.2, -0.15) is 5.10 Å². The van der Waals surface area contributed by atoms with Gasteiger partial charge in [-0.05, 0) is 50.6 Å². The van der Waals surface area contributed by atoms with Crippen LogP contribution in [0.25, 0.3) is 5.69 Å². The van der Waals surface area contributed by atoms with Crippen molar-refractivity contribution in [2.45, 2.75) is 33.1 Å². The first kappa shape index (κ1) is 16.0. The predicted octanol–water partition coefficient (Wildman–Crippen LogP) is 3.55. The van der Waals surface area contributed by atoms with Crippen molar-refractivity contribution in [3.8, 4) is 5.69 Å². The maximum atomic E-state index is 14.2. The minimum Gasteiger partial charge on any atom is -0.319 e. The average Bonchev–Trinajstić information content (AvgIpc) is 2.82. The Morgan fingerprint density at radius 2 is 2.05 bits per heavy atom. The fourth-order valence-corrected chi connectivity index (χ4v) is 2.84. The summed E-state index contributed by atoms with van der Waals surface area (Å²) >= 11 is 6.19. The molecule has 0 bridgehead atoms. The lowest BCUT2D eigenvalue weighted by atomic mass is 10.1. The van der Waals surface area contributed by atoms with Crippen molar-refractivity contribution in [2.24, 2.45) is 0 Å². The van der Waals surface area contributed by atoms with Crippen LogP contribution in [0.1, 0.15) is 30.8 Å². The maximum Gasteiger partial charge on any atom is 0.150 e. The second-order valence-electron chi connectivity index (χ2n) is 4.91. The van der Waals surface area contributed by atoms with E-state index >= 15 is 0 Å². The van der Waals surface area contributed by atoms with E-state index in [2.05, 4.69) is 24.3 Å². The van der Waals surface area contributed by atoms with Crippen molar-refractivity contribution in [2.75, 3.05) is 13.6 Å². The summed E-state index contributed by atoms with van der Waals surface area (Å²) in [6.45, 7) is 5.00. The second-order valence-corrected chi connectivity index (χ2v) is 5.32. The van der Waals surface area contributed by atoms with Gasteiger partial charge in [0.25, 0.3) is 0 Å². The number of nitrogens with one attached hydrogen (secondary N) is 1. The Morgan fingerprint density at radius 3 is 2.62 bits per heavy atom. The molecule has 1 heterocycles. The standard InChI is InChI=1S/C16H21ClFN3/c1-4-14-11(9-10-19-3)15(5-2)21(20-14)16-12(17)7-6-8-13(16)18/h6-8,19H,4-5,9-10H2,1-3H3. The van der Waals surface area contributed by atoms with Crippen LogP contribution in [0.3, 0.4) is 0 Å². The molecule has 114 valence electrons. The van der Waals surface area contributed by atoms with Gasteiger partial charge >= 0.3 is 0 Å².